The van der Waals surface area contributed by atoms with Gasteiger partial charge in [0, 0.05) is 13.1 Å². The molecular weight excluding hydrogens is 222 g/mol. The van der Waals surface area contributed by atoms with Gasteiger partial charge in [-0.15, -0.1) is 4.24 Å². The number of nitrogens with one attached hydrogen (secondary N) is 2. The third kappa shape index (κ3) is 24.5. The Kier molecular flexibility index (Phi) is 12.1. The Bertz CT molecular complexity index is 182. The van der Waals surface area contributed by atoms with Gasteiger partial charge in [0.2, 0.25) is 0 Å². The van der Waals surface area contributed by atoms with Crippen molar-refractivity contribution in [2.45, 2.75) is 0 Å². The Morgan fingerprint density at radius 1 is 1.23 bits per heavy atom. The van der Waals surface area contributed by atoms with Crippen LogP contribution in [0.1, 0.15) is 0 Å². The lowest BCUT2D eigenvalue weighted by Crippen LogP contribution is -2.22. The van der Waals surface area contributed by atoms with Gasteiger partial charge in [-0.3, -0.25) is 0 Å². The molecule has 0 aliphatic carbocycles. The maximum Gasteiger partial charge on any atom is 0.287 e. The first-order chi connectivity index (χ1) is 5.97. The molecule has 0 unspecified atom stereocenters. The van der Waals surface area contributed by atoms with Crippen molar-refractivity contribution in [3.05, 3.63) is 0 Å². The zero-order valence-electron chi connectivity index (χ0n) is 6.90. The fourth-order valence-electron chi connectivity index (χ4n) is 0.283. The molecule has 0 amide bonds. The van der Waals surface area contributed by atoms with E-state index in [0.29, 0.717) is 13.1 Å². The van der Waals surface area contributed by atoms with E-state index in [4.69, 9.17) is 10.2 Å². The van der Waals surface area contributed by atoms with Crippen LogP contribution in [0.3, 0.4) is 0 Å². The molecule has 0 aliphatic heterocycles. The van der Waals surface area contributed by atoms with Crippen molar-refractivity contribution in [1.82, 2.24) is 9.56 Å². The second kappa shape index (κ2) is 10.1. The third-order valence-electron chi connectivity index (χ3n) is 0.685. The van der Waals surface area contributed by atoms with Gasteiger partial charge in [-0.1, -0.05) is 0 Å². The van der Waals surface area contributed by atoms with Crippen LogP contribution in [0.4, 0.5) is 0 Å². The van der Waals surface area contributed by atoms with Gasteiger partial charge in [0.05, 0.1) is 13.2 Å². The molecule has 0 bridgehead atoms. The quantitative estimate of drug-likeness (QED) is 0.266. The fourth-order valence-corrected chi connectivity index (χ4v) is 0.283. The molecule has 82 valence electrons. The van der Waals surface area contributed by atoms with Crippen molar-refractivity contribution in [3.8, 4) is 0 Å². The van der Waals surface area contributed by atoms with Gasteiger partial charge in [-0.2, -0.15) is 8.42 Å². The number of nitrogens with two attached hydrogens (primary N) is 1. The Labute approximate surface area is 82.2 Å². The third-order valence-corrected chi connectivity index (χ3v) is 1.54. The molecule has 0 heterocycles. The van der Waals surface area contributed by atoms with Gasteiger partial charge in [0.1, 0.15) is 0 Å². The normalized spacial score (nSPS) is 10.5. The Hall–Kier alpha value is 0.0400. The number of halogens is 1. The fraction of sp³-hybridized carbons (Fsp3) is 1.00. The molecule has 0 saturated carbocycles. The Balaban J connectivity index is 0. The molecule has 0 rings (SSSR count). The Morgan fingerprint density at radius 3 is 1.69 bits per heavy atom. The summed E-state index contributed by atoms with van der Waals surface area (Å²) in [6.07, 6.45) is 0. The highest BCUT2D eigenvalue weighted by molar-refractivity contribution is 7.88. The topological polar surface area (TPSA) is 125 Å². The second-order valence-electron chi connectivity index (χ2n) is 1.82. The summed E-state index contributed by atoms with van der Waals surface area (Å²) in [6.45, 7) is 1.42. The summed E-state index contributed by atoms with van der Waals surface area (Å²) in [6, 6.07) is 0. The summed E-state index contributed by atoms with van der Waals surface area (Å²) in [4.78, 5) is 0. The maximum absolute atomic E-state index is 9.53. The summed E-state index contributed by atoms with van der Waals surface area (Å²) < 4.78 is 20.4. The van der Waals surface area contributed by atoms with E-state index in [2.05, 4.69) is 22.2 Å². The van der Waals surface area contributed by atoms with Crippen LogP contribution in [0, 0.1) is 0 Å². The molecule has 13 heavy (non-hydrogen) atoms. The molecule has 9 heteroatoms. The molecule has 0 saturated heterocycles. The lowest BCUT2D eigenvalue weighted by molar-refractivity contribution is 0.266. The van der Waals surface area contributed by atoms with Crippen LogP contribution >= 0.6 is 11.8 Å². The maximum atomic E-state index is 9.53. The van der Waals surface area contributed by atoms with Crippen molar-refractivity contribution in [2.24, 2.45) is 5.14 Å². The van der Waals surface area contributed by atoms with E-state index in [9.17, 15) is 8.42 Å². The number of rotatable bonds is 5. The van der Waals surface area contributed by atoms with Crippen molar-refractivity contribution in [1.29, 1.82) is 0 Å². The van der Waals surface area contributed by atoms with Crippen LogP contribution in [0.15, 0.2) is 0 Å². The molecule has 0 fully saturated rings. The first kappa shape index (κ1) is 15.5. The van der Waals surface area contributed by atoms with Crippen molar-refractivity contribution < 1.29 is 18.6 Å². The molecule has 0 aromatic rings. The molecule has 0 aromatic heterocycles. The minimum Gasteiger partial charge on any atom is -0.395 e. The van der Waals surface area contributed by atoms with Crippen LogP contribution in [0.2, 0.25) is 0 Å². The van der Waals surface area contributed by atoms with Gasteiger partial charge in [-0.05, 0) is 11.8 Å². The molecular formula is C4H14ClN3O4S. The summed E-state index contributed by atoms with van der Waals surface area (Å²) in [5.74, 6) is 0. The lowest BCUT2D eigenvalue weighted by Gasteiger charge is -1.94. The van der Waals surface area contributed by atoms with E-state index in [-0.39, 0.29) is 13.2 Å². The number of hydrogen-bond acceptors (Lipinski definition) is 5. The first-order valence-electron chi connectivity index (χ1n) is 3.30. The van der Waals surface area contributed by atoms with Crippen LogP contribution in [0.25, 0.3) is 0 Å². The highest BCUT2D eigenvalue weighted by atomic mass is 35.5. The van der Waals surface area contributed by atoms with Crippen LogP contribution < -0.4 is 14.7 Å². The Morgan fingerprint density at radius 2 is 1.54 bits per heavy atom. The average Bonchev–Trinajstić information content (AvgIpc) is 2.06. The number of hydrogen-bond donors (Lipinski definition) is 5. The van der Waals surface area contributed by atoms with E-state index < -0.39 is 10.2 Å². The zero-order chi connectivity index (χ0) is 10.7. The van der Waals surface area contributed by atoms with Crippen molar-refractivity contribution in [2.75, 3.05) is 26.3 Å². The predicted molar refractivity (Wildman–Crippen MR) is 49.1 cm³/mol. The number of aliphatic hydroxyl groups excluding tert-OH is 2. The van der Waals surface area contributed by atoms with E-state index in [1.165, 1.54) is 4.24 Å². The highest BCUT2D eigenvalue weighted by Gasteiger charge is 1.91. The van der Waals surface area contributed by atoms with Gasteiger partial charge in [-0.25, -0.2) is 5.14 Å². The highest BCUT2D eigenvalue weighted by Crippen LogP contribution is 1.65. The monoisotopic (exact) mass is 235 g/mol. The molecule has 6 N–H and O–H groups in total. The minimum absolute atomic E-state index is 0.139. The second-order valence-corrected chi connectivity index (χ2v) is 3.53. The molecule has 0 atom stereocenters. The molecule has 0 radical (unpaired) electrons. The van der Waals surface area contributed by atoms with Crippen LogP contribution in [0.5, 0.6) is 0 Å². The first-order valence-corrected chi connectivity index (χ1v) is 5.23. The van der Waals surface area contributed by atoms with Crippen LogP contribution in [-0.2, 0) is 10.2 Å². The SMILES string of the molecule is NS(=O)(=O)NCl.OCCNCCO. The molecule has 0 aliphatic rings. The summed E-state index contributed by atoms with van der Waals surface area (Å²) in [5.41, 5.74) is 0. The van der Waals surface area contributed by atoms with Crippen molar-refractivity contribution >= 4 is 22.0 Å². The van der Waals surface area contributed by atoms with E-state index in [1.54, 1.807) is 0 Å². The van der Waals surface area contributed by atoms with Crippen molar-refractivity contribution in [3.63, 3.8) is 0 Å². The summed E-state index contributed by atoms with van der Waals surface area (Å²) in [5, 5.41) is 23.3. The standard InChI is InChI=1S/C4H11NO2.ClH3N2O2S/c6-3-1-5-2-4-7;1-3-6(2,4)5/h5-7H,1-4H2;3H,(H2,2,4,5). The predicted octanol–water partition coefficient (Wildman–Crippen LogP) is -2.51. The van der Waals surface area contributed by atoms with Gasteiger partial charge in [0.15, 0.2) is 0 Å². The smallest absolute Gasteiger partial charge is 0.287 e. The summed E-state index contributed by atoms with van der Waals surface area (Å²) in [7, 11) is -3.65. The average molecular weight is 236 g/mol. The largest absolute Gasteiger partial charge is 0.395 e. The number of aliphatic hydroxyl groups is 2. The van der Waals surface area contributed by atoms with E-state index >= 15 is 0 Å². The zero-order valence-corrected chi connectivity index (χ0v) is 8.48. The van der Waals surface area contributed by atoms with Gasteiger partial charge < -0.3 is 15.5 Å². The van der Waals surface area contributed by atoms with Gasteiger partial charge in [0.25, 0.3) is 10.2 Å². The van der Waals surface area contributed by atoms with Crippen LogP contribution in [-0.4, -0.2) is 44.9 Å². The minimum atomic E-state index is -3.65. The van der Waals surface area contributed by atoms with Gasteiger partial charge >= 0.3 is 0 Å². The molecule has 0 spiro atoms. The summed E-state index contributed by atoms with van der Waals surface area (Å²) >= 11 is 4.51. The molecule has 0 aromatic carbocycles. The van der Waals surface area contributed by atoms with E-state index in [0.717, 1.165) is 0 Å². The lowest BCUT2D eigenvalue weighted by atomic mass is 10.6. The molecule has 7 nitrogen and oxygen atoms in total. The van der Waals surface area contributed by atoms with E-state index in [1.807, 2.05) is 0 Å².